The van der Waals surface area contributed by atoms with Gasteiger partial charge in [0, 0.05) is 0 Å². The zero-order chi connectivity index (χ0) is 7.49. The number of carboxylic acid groups (broad SMARTS) is 1. The molecule has 0 rings (SSSR count). The van der Waals surface area contributed by atoms with Crippen LogP contribution in [0, 0.1) is 0 Å². The third-order valence-electron chi connectivity index (χ3n) is 1.58. The fourth-order valence-electron chi connectivity index (χ4n) is 0.383. The molecule has 0 bridgehead atoms. The molecular weight excluding hydrogens is 232 g/mol. The number of carbonyl (C=O) groups is 1. The first-order valence-corrected chi connectivity index (χ1v) is 6.35. The van der Waals surface area contributed by atoms with Gasteiger partial charge in [0.15, 0.2) is 0 Å². The second-order valence-electron chi connectivity index (χ2n) is 2.09. The molecule has 0 aliphatic rings. The van der Waals surface area contributed by atoms with E-state index in [1.54, 1.807) is 0 Å². The van der Waals surface area contributed by atoms with Gasteiger partial charge < -0.3 is 0 Å². The Balaban J connectivity index is 4.09. The molecule has 1 N–H and O–H groups in total. The summed E-state index contributed by atoms with van der Waals surface area (Å²) in [5.41, 5.74) is 0. The van der Waals surface area contributed by atoms with Gasteiger partial charge in [0.25, 0.3) is 0 Å². The Morgan fingerprint density at radius 3 is 2.22 bits per heavy atom. The van der Waals surface area contributed by atoms with Gasteiger partial charge in [0.2, 0.25) is 0 Å². The molecule has 0 aliphatic heterocycles. The van der Waals surface area contributed by atoms with Crippen LogP contribution in [-0.2, 0) is 4.79 Å². The first-order chi connectivity index (χ1) is 4.06. The fraction of sp³-hybridized carbons (Fsp3) is 0.833. The van der Waals surface area contributed by atoms with Crippen molar-refractivity contribution in [3.8, 4) is 0 Å². The molecule has 0 spiro atoms. The van der Waals surface area contributed by atoms with Gasteiger partial charge in [0.05, 0.1) is 0 Å². The minimum atomic E-state index is -0.630. The van der Waals surface area contributed by atoms with E-state index >= 15 is 0 Å². The van der Waals surface area contributed by atoms with Crippen LogP contribution in [0.2, 0.25) is 8.43 Å². The zero-order valence-corrected chi connectivity index (χ0v) is 8.30. The van der Waals surface area contributed by atoms with E-state index in [1.807, 2.05) is 18.8 Å². The Morgan fingerprint density at radius 1 is 1.78 bits per heavy atom. The van der Waals surface area contributed by atoms with Crippen LogP contribution in [0.3, 0.4) is 0 Å². The summed E-state index contributed by atoms with van der Waals surface area (Å²) in [5.74, 6) is -0.630. The number of carboxylic acids is 1. The molecule has 0 saturated carbocycles. The van der Waals surface area contributed by atoms with Gasteiger partial charge in [-0.1, -0.05) is 0 Å². The normalized spacial score (nSPS) is 16.8. The van der Waals surface area contributed by atoms with Crippen LogP contribution in [0.4, 0.5) is 0 Å². The summed E-state index contributed by atoms with van der Waals surface area (Å²) in [6.07, 6.45) is 0.765. The van der Waals surface area contributed by atoms with Gasteiger partial charge in [-0.3, -0.25) is 0 Å². The molecule has 54 valence electrons. The van der Waals surface area contributed by atoms with E-state index in [0.29, 0.717) is 0 Å². The van der Waals surface area contributed by atoms with Crippen molar-refractivity contribution in [2.45, 2.75) is 28.7 Å². The van der Waals surface area contributed by atoms with Gasteiger partial charge in [-0.25, -0.2) is 0 Å². The summed E-state index contributed by atoms with van der Waals surface area (Å²) in [4.78, 5) is 12.5. The fourth-order valence-corrected chi connectivity index (χ4v) is 1.71. The molecule has 0 amide bonds. The molecule has 3 heteroatoms. The van der Waals surface area contributed by atoms with Crippen molar-refractivity contribution >= 4 is 26.9 Å². The van der Waals surface area contributed by atoms with Crippen molar-refractivity contribution in [2.75, 3.05) is 0 Å². The Morgan fingerprint density at radius 2 is 2.22 bits per heavy atom. The third kappa shape index (κ3) is 2.15. The quantitative estimate of drug-likeness (QED) is 0.762. The average molecular weight is 244 g/mol. The van der Waals surface area contributed by atoms with E-state index in [9.17, 15) is 4.79 Å². The molecule has 2 nitrogen and oxygen atoms in total. The van der Waals surface area contributed by atoms with E-state index in [4.69, 9.17) is 5.11 Å². The Labute approximate surface area is 65.7 Å². The van der Waals surface area contributed by atoms with Gasteiger partial charge in [-0.15, -0.1) is 0 Å². The van der Waals surface area contributed by atoms with Gasteiger partial charge in [0.1, 0.15) is 0 Å². The molecule has 1 unspecified atom stereocenters. The predicted molar refractivity (Wildman–Crippen MR) is 37.9 cm³/mol. The molecule has 0 aromatic carbocycles. The monoisotopic (exact) mass is 246 g/mol. The van der Waals surface area contributed by atoms with Crippen molar-refractivity contribution in [1.82, 2.24) is 0 Å². The van der Waals surface area contributed by atoms with Gasteiger partial charge in [-0.2, -0.15) is 0 Å². The maximum absolute atomic E-state index is 10.5. The number of hydrogen-bond acceptors (Lipinski definition) is 1. The second kappa shape index (κ2) is 3.43. The maximum atomic E-state index is 10.5. The summed E-state index contributed by atoms with van der Waals surface area (Å²) in [7, 11) is 0. The van der Waals surface area contributed by atoms with Crippen molar-refractivity contribution in [3.05, 3.63) is 0 Å². The molecule has 0 aromatic heterocycles. The van der Waals surface area contributed by atoms with E-state index in [1.165, 1.54) is 0 Å². The zero-order valence-electron chi connectivity index (χ0n) is 5.97. The van der Waals surface area contributed by atoms with Gasteiger partial charge >= 0.3 is 65.5 Å². The Bertz CT molecular complexity index is 108. The van der Waals surface area contributed by atoms with Crippen LogP contribution in [0.15, 0.2) is 0 Å². The molecule has 0 fully saturated rings. The van der Waals surface area contributed by atoms with E-state index in [0.717, 1.165) is 6.42 Å². The molecule has 0 heterocycles. The van der Waals surface area contributed by atoms with E-state index in [2.05, 4.69) is 0 Å². The van der Waals surface area contributed by atoms with E-state index < -0.39 is 5.97 Å². The number of aliphatic carboxylic acids is 1. The van der Waals surface area contributed by atoms with Crippen LogP contribution >= 0.6 is 0 Å². The molecule has 0 saturated heterocycles. The second-order valence-corrected chi connectivity index (χ2v) is 5.83. The summed E-state index contributed by atoms with van der Waals surface area (Å²) in [6.45, 7) is 3.76. The summed E-state index contributed by atoms with van der Waals surface area (Å²) < 4.78 is -0.370. The van der Waals surface area contributed by atoms with Crippen LogP contribution in [-0.4, -0.2) is 32.0 Å². The van der Waals surface area contributed by atoms with E-state index in [-0.39, 0.29) is 24.4 Å². The topological polar surface area (TPSA) is 37.3 Å². The third-order valence-corrected chi connectivity index (χ3v) is 5.47. The van der Waals surface area contributed by atoms with Gasteiger partial charge in [-0.05, 0) is 0 Å². The van der Waals surface area contributed by atoms with Crippen LogP contribution in [0.5, 0.6) is 0 Å². The van der Waals surface area contributed by atoms with Crippen molar-refractivity contribution in [1.29, 1.82) is 0 Å². The minimum absolute atomic E-state index is 0.344. The predicted octanol–water partition coefficient (Wildman–Crippen LogP) is 1.41. The summed E-state index contributed by atoms with van der Waals surface area (Å²) in [5, 5.41) is 8.66. The van der Waals surface area contributed by atoms with Crippen molar-refractivity contribution < 1.29 is 9.90 Å². The molecular formula is C6H12O2Te. The van der Waals surface area contributed by atoms with Crippen molar-refractivity contribution in [2.24, 2.45) is 0 Å². The molecule has 9 heavy (non-hydrogen) atoms. The van der Waals surface area contributed by atoms with Crippen molar-refractivity contribution in [3.63, 3.8) is 0 Å². The first kappa shape index (κ1) is 9.26. The van der Waals surface area contributed by atoms with Crippen LogP contribution in [0.25, 0.3) is 0 Å². The summed E-state index contributed by atoms with van der Waals surface area (Å²) >= 11 is -0.344. The number of rotatable bonds is 3. The number of hydrogen-bond donors (Lipinski definition) is 1. The standard InChI is InChI=1S/C6H12O2Te/c1-4-6(2,9-3)5(7)8/h4H2,1-3H3,(H,7,8). The van der Waals surface area contributed by atoms with Crippen LogP contribution < -0.4 is 0 Å². The average Bonchev–Trinajstić information content (AvgIpc) is 1.86. The first-order valence-electron chi connectivity index (χ1n) is 2.85. The summed E-state index contributed by atoms with van der Waals surface area (Å²) in [6, 6.07) is 0. The molecule has 0 radical (unpaired) electrons. The Hall–Kier alpha value is 0.260. The molecule has 0 aliphatic carbocycles. The Kier molecular flexibility index (Phi) is 3.53. The molecule has 1 atom stereocenters. The SMILES string of the molecule is CCC(C)([Te]C)C(=O)O. The van der Waals surface area contributed by atoms with Crippen LogP contribution in [0.1, 0.15) is 20.3 Å². The molecule has 0 aromatic rings.